The lowest BCUT2D eigenvalue weighted by Crippen LogP contribution is -2.09. The molecule has 1 aromatic heterocycles. The number of aryl methyl sites for hydroxylation is 1. The summed E-state index contributed by atoms with van der Waals surface area (Å²) in [6.45, 7) is 2.86. The van der Waals surface area contributed by atoms with Crippen molar-refractivity contribution in [1.82, 2.24) is 10.3 Å². The van der Waals surface area contributed by atoms with E-state index in [1.165, 1.54) is 11.3 Å². The molecule has 0 bridgehead atoms. The highest BCUT2D eigenvalue weighted by Crippen LogP contribution is 2.07. The molecule has 0 aliphatic rings. The number of nitrogens with one attached hydrogen (secondary N) is 2. The third kappa shape index (κ3) is 2.17. The molecule has 1 heterocycles. The van der Waals surface area contributed by atoms with Gasteiger partial charge in [0.2, 0.25) is 0 Å². The first-order chi connectivity index (χ1) is 5.24. The molecule has 0 aromatic carbocycles. The molecule has 62 valence electrons. The van der Waals surface area contributed by atoms with Gasteiger partial charge in [-0.1, -0.05) is 11.3 Å². The van der Waals surface area contributed by atoms with Crippen molar-refractivity contribution in [1.29, 1.82) is 0 Å². The second-order valence-electron chi connectivity index (χ2n) is 2.42. The molecule has 0 atom stereocenters. The summed E-state index contributed by atoms with van der Waals surface area (Å²) in [5.41, 5.74) is 1.01. The molecule has 1 rings (SSSR count). The van der Waals surface area contributed by atoms with E-state index in [2.05, 4.69) is 10.3 Å². The molecule has 2 N–H and O–H groups in total. The molecule has 0 spiro atoms. The Labute approximate surface area is 69.5 Å². The Hall–Kier alpha value is -0.610. The molecule has 4 heteroatoms. The molecule has 0 amide bonds. The van der Waals surface area contributed by atoms with Crippen LogP contribution in [0.25, 0.3) is 0 Å². The highest BCUT2D eigenvalue weighted by Gasteiger charge is 2.01. The van der Waals surface area contributed by atoms with E-state index in [4.69, 9.17) is 0 Å². The van der Waals surface area contributed by atoms with Crippen LogP contribution in [-0.4, -0.2) is 18.6 Å². The van der Waals surface area contributed by atoms with E-state index in [1.54, 1.807) is 0 Å². The number of hydrogen-bond acceptors (Lipinski definition) is 3. The average Bonchev–Trinajstić information content (AvgIpc) is 2.26. The fourth-order valence-corrected chi connectivity index (χ4v) is 1.75. The Kier molecular flexibility index (Phi) is 2.84. The number of aromatic nitrogens is 1. The molecule has 1 aromatic rings. The minimum Gasteiger partial charge on any atom is -0.319 e. The molecule has 0 radical (unpaired) electrons. The molecule has 0 saturated heterocycles. The topological polar surface area (TPSA) is 44.9 Å². The van der Waals surface area contributed by atoms with Crippen molar-refractivity contribution in [3.8, 4) is 0 Å². The number of aromatic amines is 1. The lowest BCUT2D eigenvalue weighted by Gasteiger charge is -1.95. The van der Waals surface area contributed by atoms with Gasteiger partial charge in [-0.15, -0.1) is 0 Å². The Morgan fingerprint density at radius 2 is 2.36 bits per heavy atom. The summed E-state index contributed by atoms with van der Waals surface area (Å²) in [5, 5.41) is 3.04. The number of likely N-dealkylation sites (N-methyl/N-ethyl adjacent to an activating group) is 1. The van der Waals surface area contributed by atoms with Crippen molar-refractivity contribution in [2.75, 3.05) is 13.6 Å². The smallest absolute Gasteiger partial charge is 0.304 e. The lowest BCUT2D eigenvalue weighted by atomic mass is 10.3. The van der Waals surface area contributed by atoms with Gasteiger partial charge in [0, 0.05) is 10.6 Å². The van der Waals surface area contributed by atoms with Crippen LogP contribution in [0.2, 0.25) is 0 Å². The Bertz CT molecular complexity index is 276. The van der Waals surface area contributed by atoms with Gasteiger partial charge in [-0.2, -0.15) is 0 Å². The van der Waals surface area contributed by atoms with Gasteiger partial charge in [0.1, 0.15) is 0 Å². The highest BCUT2D eigenvalue weighted by molar-refractivity contribution is 7.09. The summed E-state index contributed by atoms with van der Waals surface area (Å²) in [6, 6.07) is 0. The molecular formula is C7H12N2OS. The van der Waals surface area contributed by atoms with E-state index in [0.29, 0.717) is 0 Å². The third-order valence-electron chi connectivity index (χ3n) is 1.53. The number of rotatable bonds is 3. The molecule has 0 fully saturated rings. The maximum Gasteiger partial charge on any atom is 0.304 e. The third-order valence-corrected chi connectivity index (χ3v) is 2.57. The molecule has 3 nitrogen and oxygen atoms in total. The molecule has 0 aliphatic heterocycles. The zero-order valence-electron chi connectivity index (χ0n) is 6.73. The van der Waals surface area contributed by atoms with Crippen LogP contribution < -0.4 is 10.2 Å². The Morgan fingerprint density at radius 3 is 2.82 bits per heavy atom. The first kappa shape index (κ1) is 8.49. The van der Waals surface area contributed by atoms with E-state index in [-0.39, 0.29) is 4.87 Å². The zero-order chi connectivity index (χ0) is 8.27. The number of hydrogen-bond donors (Lipinski definition) is 2. The van der Waals surface area contributed by atoms with E-state index >= 15 is 0 Å². The van der Waals surface area contributed by atoms with Gasteiger partial charge in [0.05, 0.1) is 0 Å². The van der Waals surface area contributed by atoms with E-state index in [9.17, 15) is 4.79 Å². The highest BCUT2D eigenvalue weighted by atomic mass is 32.1. The normalized spacial score (nSPS) is 10.4. The second-order valence-corrected chi connectivity index (χ2v) is 3.48. The van der Waals surface area contributed by atoms with Gasteiger partial charge in [0.15, 0.2) is 0 Å². The summed E-state index contributed by atoms with van der Waals surface area (Å²) in [6.07, 6.45) is 0.936. The van der Waals surface area contributed by atoms with E-state index < -0.39 is 0 Å². The van der Waals surface area contributed by atoms with Gasteiger partial charge in [-0.05, 0) is 26.9 Å². The van der Waals surface area contributed by atoms with E-state index in [1.807, 2.05) is 14.0 Å². The molecule has 11 heavy (non-hydrogen) atoms. The average molecular weight is 172 g/mol. The van der Waals surface area contributed by atoms with Crippen molar-refractivity contribution in [2.45, 2.75) is 13.3 Å². The minimum absolute atomic E-state index is 0.0496. The van der Waals surface area contributed by atoms with Crippen molar-refractivity contribution in [3.05, 3.63) is 20.2 Å². The summed E-state index contributed by atoms with van der Waals surface area (Å²) in [5.74, 6) is 0. The summed E-state index contributed by atoms with van der Waals surface area (Å²) in [4.78, 5) is 14.8. The van der Waals surface area contributed by atoms with Crippen LogP contribution >= 0.6 is 11.3 Å². The molecule has 0 saturated carbocycles. The van der Waals surface area contributed by atoms with Crippen LogP contribution in [0, 0.1) is 6.92 Å². The van der Waals surface area contributed by atoms with Crippen LogP contribution in [0.1, 0.15) is 10.6 Å². The lowest BCUT2D eigenvalue weighted by molar-refractivity contribution is 0.794. The van der Waals surface area contributed by atoms with Crippen LogP contribution in [0.15, 0.2) is 4.79 Å². The van der Waals surface area contributed by atoms with Gasteiger partial charge in [-0.3, -0.25) is 4.79 Å². The van der Waals surface area contributed by atoms with Gasteiger partial charge in [0.25, 0.3) is 0 Å². The standard InChI is InChI=1S/C7H12N2OS/c1-5-6(3-4-8-2)11-7(10)9-5/h8H,3-4H2,1-2H3,(H,9,10). The quantitative estimate of drug-likeness (QED) is 0.697. The SMILES string of the molecule is CNCCc1sc(=O)[nH]c1C. The molecular weight excluding hydrogens is 160 g/mol. The maximum atomic E-state index is 10.8. The summed E-state index contributed by atoms with van der Waals surface area (Å²) >= 11 is 1.30. The van der Waals surface area contributed by atoms with Crippen LogP contribution in [0.3, 0.4) is 0 Å². The fourth-order valence-electron chi connectivity index (χ4n) is 0.914. The predicted octanol–water partition coefficient (Wildman–Crippen LogP) is 0.507. The Morgan fingerprint density at radius 1 is 1.64 bits per heavy atom. The summed E-state index contributed by atoms with van der Waals surface area (Å²) < 4.78 is 0. The Balaban J connectivity index is 2.69. The fraction of sp³-hybridized carbons (Fsp3) is 0.571. The first-order valence-electron chi connectivity index (χ1n) is 3.57. The zero-order valence-corrected chi connectivity index (χ0v) is 7.55. The van der Waals surface area contributed by atoms with Crippen LogP contribution in [0.4, 0.5) is 0 Å². The first-order valence-corrected chi connectivity index (χ1v) is 4.39. The summed E-state index contributed by atoms with van der Waals surface area (Å²) in [7, 11) is 1.91. The minimum atomic E-state index is 0.0496. The van der Waals surface area contributed by atoms with Crippen LogP contribution in [-0.2, 0) is 6.42 Å². The monoisotopic (exact) mass is 172 g/mol. The number of H-pyrrole nitrogens is 1. The largest absolute Gasteiger partial charge is 0.319 e. The van der Waals surface area contributed by atoms with Gasteiger partial charge < -0.3 is 10.3 Å². The van der Waals surface area contributed by atoms with Crippen molar-refractivity contribution in [2.24, 2.45) is 0 Å². The number of thiazole rings is 1. The predicted molar refractivity (Wildman–Crippen MR) is 47.3 cm³/mol. The van der Waals surface area contributed by atoms with Crippen LogP contribution in [0.5, 0.6) is 0 Å². The molecule has 0 aliphatic carbocycles. The van der Waals surface area contributed by atoms with Gasteiger partial charge in [-0.25, -0.2) is 0 Å². The van der Waals surface area contributed by atoms with Gasteiger partial charge >= 0.3 is 4.87 Å². The van der Waals surface area contributed by atoms with Crippen molar-refractivity contribution >= 4 is 11.3 Å². The van der Waals surface area contributed by atoms with Crippen molar-refractivity contribution < 1.29 is 0 Å². The molecule has 0 unspecified atom stereocenters. The second kappa shape index (κ2) is 3.69. The maximum absolute atomic E-state index is 10.8. The van der Waals surface area contributed by atoms with E-state index in [0.717, 1.165) is 23.5 Å². The van der Waals surface area contributed by atoms with Crippen molar-refractivity contribution in [3.63, 3.8) is 0 Å².